The van der Waals surface area contributed by atoms with E-state index in [1.54, 1.807) is 24.1 Å². The molecule has 88 valence electrons. The Balaban J connectivity index is 2.18. The molecule has 0 aromatic carbocycles. The summed E-state index contributed by atoms with van der Waals surface area (Å²) in [5.74, 6) is -1.04. The third-order valence-electron chi connectivity index (χ3n) is 2.04. The van der Waals surface area contributed by atoms with Gasteiger partial charge in [0.15, 0.2) is 0 Å². The molecule has 0 aliphatic heterocycles. The summed E-state index contributed by atoms with van der Waals surface area (Å²) in [6.45, 7) is 0.475. The summed E-state index contributed by atoms with van der Waals surface area (Å²) >= 11 is 0. The highest BCUT2D eigenvalue weighted by Crippen LogP contribution is 1.96. The molecule has 0 fully saturated rings. The highest BCUT2D eigenvalue weighted by Gasteiger charge is 2.07. The largest absolute Gasteiger partial charge is 0.481 e. The fourth-order valence-electron chi connectivity index (χ4n) is 1.22. The average Bonchev–Trinajstić information content (AvgIpc) is 2.63. The quantitative estimate of drug-likeness (QED) is 0.686. The van der Waals surface area contributed by atoms with E-state index in [0.717, 1.165) is 0 Å². The zero-order valence-corrected chi connectivity index (χ0v) is 9.14. The fourth-order valence-corrected chi connectivity index (χ4v) is 1.22. The van der Waals surface area contributed by atoms with Crippen LogP contribution in [0.15, 0.2) is 12.5 Å². The first-order valence-electron chi connectivity index (χ1n) is 5.07. The number of nitrogens with zero attached hydrogens (tertiary/aromatic N) is 2. The van der Waals surface area contributed by atoms with Crippen LogP contribution in [0.25, 0.3) is 0 Å². The van der Waals surface area contributed by atoms with Crippen molar-refractivity contribution < 1.29 is 14.7 Å². The predicted octanol–water partition coefficient (Wildman–Crippen LogP) is 0.405. The minimum Gasteiger partial charge on any atom is -0.481 e. The fraction of sp³-hybridized carbons (Fsp3) is 0.500. The standard InChI is InChI=1S/C10H15N3O3/c1-13-6-8(12-7-13)10(16)11-5-3-2-4-9(14)15/h6-7H,2-5H2,1H3,(H,11,16)(H,14,15). The molecule has 0 aliphatic rings. The number of hydrogen-bond donors (Lipinski definition) is 2. The number of hydrogen-bond acceptors (Lipinski definition) is 3. The van der Waals surface area contributed by atoms with Gasteiger partial charge in [-0.1, -0.05) is 0 Å². The third kappa shape index (κ3) is 4.12. The molecule has 1 rings (SSSR count). The molecule has 1 aromatic heterocycles. The lowest BCUT2D eigenvalue weighted by molar-refractivity contribution is -0.137. The van der Waals surface area contributed by atoms with Crippen molar-refractivity contribution in [1.29, 1.82) is 0 Å². The lowest BCUT2D eigenvalue weighted by Crippen LogP contribution is -2.24. The molecule has 0 spiro atoms. The summed E-state index contributed by atoms with van der Waals surface area (Å²) in [6.07, 6.45) is 4.55. The topological polar surface area (TPSA) is 84.2 Å². The number of imidazole rings is 1. The second kappa shape index (κ2) is 5.89. The van der Waals surface area contributed by atoms with E-state index < -0.39 is 5.97 Å². The Kier molecular flexibility index (Phi) is 4.50. The van der Waals surface area contributed by atoms with Crippen LogP contribution in [0, 0.1) is 0 Å². The van der Waals surface area contributed by atoms with Crippen LogP contribution in [0.1, 0.15) is 29.8 Å². The van der Waals surface area contributed by atoms with Crippen molar-refractivity contribution in [3.63, 3.8) is 0 Å². The number of unbranched alkanes of at least 4 members (excludes halogenated alkanes) is 1. The molecular formula is C10H15N3O3. The molecule has 2 N–H and O–H groups in total. The monoisotopic (exact) mass is 225 g/mol. The molecule has 0 saturated carbocycles. The van der Waals surface area contributed by atoms with Crippen molar-refractivity contribution in [3.8, 4) is 0 Å². The SMILES string of the molecule is Cn1cnc(C(=O)NCCCCC(=O)O)c1. The molecular weight excluding hydrogens is 210 g/mol. The van der Waals surface area contributed by atoms with Crippen LogP contribution in [-0.4, -0.2) is 33.1 Å². The Hall–Kier alpha value is -1.85. The molecule has 0 radical (unpaired) electrons. The van der Waals surface area contributed by atoms with Gasteiger partial charge in [-0.3, -0.25) is 9.59 Å². The lowest BCUT2D eigenvalue weighted by atomic mass is 10.2. The van der Waals surface area contributed by atoms with Crippen LogP contribution in [-0.2, 0) is 11.8 Å². The van der Waals surface area contributed by atoms with Crippen LogP contribution in [0.5, 0.6) is 0 Å². The summed E-state index contributed by atoms with van der Waals surface area (Å²) in [5, 5.41) is 11.1. The average molecular weight is 225 g/mol. The van der Waals surface area contributed by atoms with Gasteiger partial charge in [0, 0.05) is 26.2 Å². The zero-order chi connectivity index (χ0) is 12.0. The van der Waals surface area contributed by atoms with Gasteiger partial charge in [-0.2, -0.15) is 0 Å². The van der Waals surface area contributed by atoms with E-state index in [4.69, 9.17) is 5.11 Å². The smallest absolute Gasteiger partial charge is 0.303 e. The number of nitrogens with one attached hydrogen (secondary N) is 1. The van der Waals surface area contributed by atoms with Crippen molar-refractivity contribution in [1.82, 2.24) is 14.9 Å². The van der Waals surface area contributed by atoms with Crippen molar-refractivity contribution >= 4 is 11.9 Å². The Labute approximate surface area is 93.3 Å². The van der Waals surface area contributed by atoms with Crippen molar-refractivity contribution in [2.24, 2.45) is 7.05 Å². The lowest BCUT2D eigenvalue weighted by Gasteiger charge is -2.01. The number of carboxylic acid groups (broad SMARTS) is 1. The van der Waals surface area contributed by atoms with Crippen molar-refractivity contribution in [3.05, 3.63) is 18.2 Å². The normalized spacial score (nSPS) is 10.1. The maximum Gasteiger partial charge on any atom is 0.303 e. The van der Waals surface area contributed by atoms with Crippen LogP contribution >= 0.6 is 0 Å². The van der Waals surface area contributed by atoms with Crippen molar-refractivity contribution in [2.75, 3.05) is 6.54 Å². The first-order chi connectivity index (χ1) is 7.59. The first-order valence-corrected chi connectivity index (χ1v) is 5.07. The van der Waals surface area contributed by atoms with Gasteiger partial charge < -0.3 is 15.0 Å². The molecule has 0 unspecified atom stereocenters. The maximum absolute atomic E-state index is 11.5. The van der Waals surface area contributed by atoms with E-state index in [0.29, 0.717) is 25.1 Å². The van der Waals surface area contributed by atoms with E-state index in [9.17, 15) is 9.59 Å². The molecule has 0 aliphatic carbocycles. The van der Waals surface area contributed by atoms with Gasteiger partial charge in [0.25, 0.3) is 5.91 Å². The van der Waals surface area contributed by atoms with E-state index in [2.05, 4.69) is 10.3 Å². The molecule has 0 atom stereocenters. The molecule has 1 amide bonds. The van der Waals surface area contributed by atoms with Gasteiger partial charge in [-0.05, 0) is 12.8 Å². The second-order valence-corrected chi connectivity index (χ2v) is 3.53. The molecule has 6 nitrogen and oxygen atoms in total. The van der Waals surface area contributed by atoms with E-state index in [-0.39, 0.29) is 12.3 Å². The summed E-state index contributed by atoms with van der Waals surface area (Å²) in [6, 6.07) is 0. The Morgan fingerprint density at radius 2 is 2.25 bits per heavy atom. The molecule has 1 aromatic rings. The number of carbonyl (C=O) groups is 2. The predicted molar refractivity (Wildman–Crippen MR) is 57.0 cm³/mol. The third-order valence-corrected chi connectivity index (χ3v) is 2.04. The van der Waals surface area contributed by atoms with Crippen LogP contribution in [0.2, 0.25) is 0 Å². The summed E-state index contributed by atoms with van der Waals surface area (Å²) in [4.78, 5) is 25.6. The van der Waals surface area contributed by atoms with Crippen LogP contribution in [0.4, 0.5) is 0 Å². The molecule has 0 saturated heterocycles. The highest BCUT2D eigenvalue weighted by atomic mass is 16.4. The van der Waals surface area contributed by atoms with Gasteiger partial charge in [0.2, 0.25) is 0 Å². The van der Waals surface area contributed by atoms with Gasteiger partial charge in [-0.25, -0.2) is 4.98 Å². The van der Waals surface area contributed by atoms with Gasteiger partial charge in [-0.15, -0.1) is 0 Å². The van der Waals surface area contributed by atoms with E-state index >= 15 is 0 Å². The molecule has 6 heteroatoms. The molecule has 0 bridgehead atoms. The Morgan fingerprint density at radius 1 is 1.50 bits per heavy atom. The number of carboxylic acids is 1. The minimum absolute atomic E-state index is 0.138. The summed E-state index contributed by atoms with van der Waals surface area (Å²) < 4.78 is 1.69. The van der Waals surface area contributed by atoms with Crippen LogP contribution in [0.3, 0.4) is 0 Å². The summed E-state index contributed by atoms with van der Waals surface area (Å²) in [7, 11) is 1.79. The van der Waals surface area contributed by atoms with Gasteiger partial charge in [0.05, 0.1) is 6.33 Å². The number of carbonyl (C=O) groups excluding carboxylic acids is 1. The summed E-state index contributed by atoms with van der Waals surface area (Å²) in [5.41, 5.74) is 0.376. The Morgan fingerprint density at radius 3 is 2.81 bits per heavy atom. The number of rotatable bonds is 6. The van der Waals surface area contributed by atoms with Crippen LogP contribution < -0.4 is 5.32 Å². The van der Waals surface area contributed by atoms with Crippen molar-refractivity contribution in [2.45, 2.75) is 19.3 Å². The van der Waals surface area contributed by atoms with Gasteiger partial charge in [0.1, 0.15) is 5.69 Å². The highest BCUT2D eigenvalue weighted by molar-refractivity contribution is 5.91. The Bertz CT molecular complexity index is 373. The molecule has 1 heterocycles. The number of amides is 1. The zero-order valence-electron chi connectivity index (χ0n) is 9.14. The van der Waals surface area contributed by atoms with E-state index in [1.807, 2.05) is 0 Å². The number of aliphatic carboxylic acids is 1. The van der Waals surface area contributed by atoms with E-state index in [1.165, 1.54) is 0 Å². The maximum atomic E-state index is 11.5. The minimum atomic E-state index is -0.809. The molecule has 16 heavy (non-hydrogen) atoms. The second-order valence-electron chi connectivity index (χ2n) is 3.53. The number of aryl methyl sites for hydroxylation is 1. The first kappa shape index (κ1) is 12.2. The van der Waals surface area contributed by atoms with Gasteiger partial charge >= 0.3 is 5.97 Å². The number of aromatic nitrogens is 2.